The highest BCUT2D eigenvalue weighted by molar-refractivity contribution is 5.92. The smallest absolute Gasteiger partial charge is 0.274 e. The van der Waals surface area contributed by atoms with Crippen LogP contribution in [0.1, 0.15) is 47.7 Å². The topological polar surface area (TPSA) is 76.0 Å². The molecule has 7 nitrogen and oxygen atoms in total. The summed E-state index contributed by atoms with van der Waals surface area (Å²) in [5.41, 5.74) is 3.38. The SMILES string of the molecule is Cc1nc2ccccc2n1Cc1cc(C(=O)N(C)CCC2CCCCO2)n[nH]1. The molecule has 2 aromatic heterocycles. The highest BCUT2D eigenvalue weighted by Gasteiger charge is 2.19. The van der Waals surface area contributed by atoms with E-state index < -0.39 is 0 Å². The minimum Gasteiger partial charge on any atom is -0.378 e. The first-order valence-corrected chi connectivity index (χ1v) is 9.95. The molecule has 1 fully saturated rings. The lowest BCUT2D eigenvalue weighted by Crippen LogP contribution is -2.31. The summed E-state index contributed by atoms with van der Waals surface area (Å²) in [6.45, 7) is 4.11. The lowest BCUT2D eigenvalue weighted by Gasteiger charge is -2.24. The van der Waals surface area contributed by atoms with Gasteiger partial charge in [0.1, 0.15) is 11.5 Å². The van der Waals surface area contributed by atoms with Gasteiger partial charge in [0.15, 0.2) is 0 Å². The van der Waals surface area contributed by atoms with E-state index in [0.29, 0.717) is 18.8 Å². The molecule has 0 aliphatic carbocycles. The number of nitrogens with one attached hydrogen (secondary N) is 1. The lowest BCUT2D eigenvalue weighted by molar-refractivity contribution is 0.00705. The molecule has 1 aliphatic rings. The third kappa shape index (κ3) is 3.94. The Labute approximate surface area is 164 Å². The average molecular weight is 381 g/mol. The number of para-hydroxylation sites is 2. The first-order chi connectivity index (χ1) is 13.6. The standard InChI is InChI=1S/C21H27N5O2/c1-15-22-18-8-3-4-9-20(18)26(15)14-16-13-19(24-23-16)21(27)25(2)11-10-17-7-5-6-12-28-17/h3-4,8-9,13,17H,5-7,10-12,14H2,1-2H3,(H,23,24). The molecule has 1 unspecified atom stereocenters. The molecule has 0 saturated carbocycles. The van der Waals surface area contributed by atoms with E-state index in [-0.39, 0.29) is 12.0 Å². The molecule has 1 aliphatic heterocycles. The van der Waals surface area contributed by atoms with E-state index in [1.54, 1.807) is 4.90 Å². The molecule has 7 heteroatoms. The van der Waals surface area contributed by atoms with Crippen LogP contribution in [-0.2, 0) is 11.3 Å². The molecular weight excluding hydrogens is 354 g/mol. The van der Waals surface area contributed by atoms with E-state index in [1.807, 2.05) is 38.2 Å². The molecule has 1 N–H and O–H groups in total. The zero-order chi connectivity index (χ0) is 19.5. The maximum absolute atomic E-state index is 12.7. The molecule has 1 amide bonds. The number of aromatic nitrogens is 4. The third-order valence-corrected chi connectivity index (χ3v) is 5.43. The second-order valence-electron chi connectivity index (χ2n) is 7.52. The minimum absolute atomic E-state index is 0.0643. The molecule has 1 aromatic carbocycles. The van der Waals surface area contributed by atoms with Crippen molar-refractivity contribution < 1.29 is 9.53 Å². The van der Waals surface area contributed by atoms with E-state index in [0.717, 1.165) is 48.4 Å². The number of ether oxygens (including phenoxy) is 1. The first kappa shape index (κ1) is 18.7. The zero-order valence-electron chi connectivity index (χ0n) is 16.5. The number of H-pyrrole nitrogens is 1. The van der Waals surface area contributed by atoms with Gasteiger partial charge in [-0.2, -0.15) is 5.10 Å². The lowest BCUT2D eigenvalue weighted by atomic mass is 10.1. The number of carbonyl (C=O) groups is 1. The van der Waals surface area contributed by atoms with Gasteiger partial charge in [-0.05, 0) is 50.8 Å². The highest BCUT2D eigenvalue weighted by Crippen LogP contribution is 2.18. The van der Waals surface area contributed by atoms with Crippen molar-refractivity contribution in [2.45, 2.75) is 45.3 Å². The highest BCUT2D eigenvalue weighted by atomic mass is 16.5. The Hall–Kier alpha value is -2.67. The average Bonchev–Trinajstić information content (AvgIpc) is 3.31. The van der Waals surface area contributed by atoms with Crippen LogP contribution in [0.25, 0.3) is 11.0 Å². The van der Waals surface area contributed by atoms with Gasteiger partial charge >= 0.3 is 0 Å². The van der Waals surface area contributed by atoms with Crippen molar-refractivity contribution in [3.05, 3.63) is 47.5 Å². The summed E-state index contributed by atoms with van der Waals surface area (Å²) in [7, 11) is 1.83. The van der Waals surface area contributed by atoms with Crippen molar-refractivity contribution in [3.8, 4) is 0 Å². The van der Waals surface area contributed by atoms with Gasteiger partial charge in [0.2, 0.25) is 0 Å². The molecule has 4 rings (SSSR count). The quantitative estimate of drug-likeness (QED) is 0.712. The molecule has 0 spiro atoms. The van der Waals surface area contributed by atoms with E-state index in [2.05, 4.69) is 25.8 Å². The van der Waals surface area contributed by atoms with Crippen LogP contribution in [0.15, 0.2) is 30.3 Å². The summed E-state index contributed by atoms with van der Waals surface area (Å²) in [6.07, 6.45) is 4.60. The summed E-state index contributed by atoms with van der Waals surface area (Å²) in [4.78, 5) is 19.0. The molecule has 1 saturated heterocycles. The van der Waals surface area contributed by atoms with Crippen LogP contribution in [0.2, 0.25) is 0 Å². The van der Waals surface area contributed by atoms with Crippen molar-refractivity contribution in [3.63, 3.8) is 0 Å². The second kappa shape index (κ2) is 8.14. The van der Waals surface area contributed by atoms with Crippen molar-refractivity contribution >= 4 is 16.9 Å². The number of fused-ring (bicyclic) bond motifs is 1. The molecule has 0 bridgehead atoms. The van der Waals surface area contributed by atoms with Crippen molar-refractivity contribution in [1.82, 2.24) is 24.6 Å². The van der Waals surface area contributed by atoms with Gasteiger partial charge in [-0.15, -0.1) is 0 Å². The van der Waals surface area contributed by atoms with E-state index >= 15 is 0 Å². The number of amides is 1. The van der Waals surface area contributed by atoms with Crippen LogP contribution in [0.5, 0.6) is 0 Å². The van der Waals surface area contributed by atoms with Crippen LogP contribution < -0.4 is 0 Å². The Balaban J connectivity index is 1.40. The fourth-order valence-corrected chi connectivity index (χ4v) is 3.79. The van der Waals surface area contributed by atoms with Crippen molar-refractivity contribution in [2.75, 3.05) is 20.2 Å². The number of rotatable bonds is 6. The fourth-order valence-electron chi connectivity index (χ4n) is 3.79. The summed E-state index contributed by atoms with van der Waals surface area (Å²) in [5, 5.41) is 7.25. The molecule has 3 heterocycles. The van der Waals surface area contributed by atoms with E-state index in [9.17, 15) is 4.79 Å². The number of carbonyl (C=O) groups excluding carboxylic acids is 1. The van der Waals surface area contributed by atoms with Crippen LogP contribution in [0.4, 0.5) is 0 Å². The Kier molecular flexibility index (Phi) is 5.43. The summed E-state index contributed by atoms with van der Waals surface area (Å²) in [5.74, 6) is 0.874. The Morgan fingerprint density at radius 2 is 2.21 bits per heavy atom. The largest absolute Gasteiger partial charge is 0.378 e. The molecule has 28 heavy (non-hydrogen) atoms. The van der Waals surface area contributed by atoms with Crippen molar-refractivity contribution in [1.29, 1.82) is 0 Å². The van der Waals surface area contributed by atoms with E-state index in [1.165, 1.54) is 6.42 Å². The van der Waals surface area contributed by atoms with Gasteiger partial charge < -0.3 is 14.2 Å². The van der Waals surface area contributed by atoms with Gasteiger partial charge in [-0.1, -0.05) is 12.1 Å². The van der Waals surface area contributed by atoms with Crippen LogP contribution >= 0.6 is 0 Å². The van der Waals surface area contributed by atoms with Crippen LogP contribution in [0.3, 0.4) is 0 Å². The first-order valence-electron chi connectivity index (χ1n) is 9.95. The van der Waals surface area contributed by atoms with Crippen LogP contribution in [0, 0.1) is 6.92 Å². The Morgan fingerprint density at radius 3 is 3.04 bits per heavy atom. The number of nitrogens with zero attached hydrogens (tertiary/aromatic N) is 4. The molecule has 3 aromatic rings. The molecular formula is C21H27N5O2. The number of imidazole rings is 1. The normalized spacial score (nSPS) is 17.1. The van der Waals surface area contributed by atoms with Gasteiger partial charge in [-0.3, -0.25) is 9.89 Å². The van der Waals surface area contributed by atoms with Crippen molar-refractivity contribution in [2.24, 2.45) is 0 Å². The predicted octanol–water partition coefficient (Wildman–Crippen LogP) is 3.15. The molecule has 148 valence electrons. The van der Waals surface area contributed by atoms with Gasteiger partial charge in [0.05, 0.1) is 29.4 Å². The predicted molar refractivity (Wildman–Crippen MR) is 107 cm³/mol. The van der Waals surface area contributed by atoms with Gasteiger partial charge in [0.25, 0.3) is 5.91 Å². The monoisotopic (exact) mass is 381 g/mol. The Bertz CT molecular complexity index is 955. The number of benzene rings is 1. The summed E-state index contributed by atoms with van der Waals surface area (Å²) in [6, 6.07) is 9.89. The summed E-state index contributed by atoms with van der Waals surface area (Å²) >= 11 is 0. The number of hydrogen-bond donors (Lipinski definition) is 1. The number of aryl methyl sites for hydroxylation is 1. The number of aromatic amines is 1. The number of hydrogen-bond acceptors (Lipinski definition) is 4. The van der Waals surface area contributed by atoms with Crippen LogP contribution in [-0.4, -0.2) is 56.9 Å². The van der Waals surface area contributed by atoms with E-state index in [4.69, 9.17) is 4.74 Å². The Morgan fingerprint density at radius 1 is 1.36 bits per heavy atom. The van der Waals surface area contributed by atoms with Gasteiger partial charge in [0, 0.05) is 20.2 Å². The maximum atomic E-state index is 12.7. The molecule has 1 atom stereocenters. The fraction of sp³-hybridized carbons (Fsp3) is 0.476. The maximum Gasteiger partial charge on any atom is 0.274 e. The second-order valence-corrected chi connectivity index (χ2v) is 7.52. The minimum atomic E-state index is -0.0643. The molecule has 0 radical (unpaired) electrons. The zero-order valence-corrected chi connectivity index (χ0v) is 16.5. The summed E-state index contributed by atoms with van der Waals surface area (Å²) < 4.78 is 7.88. The third-order valence-electron chi connectivity index (χ3n) is 5.43. The van der Waals surface area contributed by atoms with Gasteiger partial charge in [-0.25, -0.2) is 4.98 Å².